The van der Waals surface area contributed by atoms with Gasteiger partial charge in [-0.1, -0.05) is 38.1 Å². The van der Waals surface area contributed by atoms with E-state index in [1.165, 1.54) is 5.56 Å². The topological polar surface area (TPSA) is 95.4 Å². The summed E-state index contributed by atoms with van der Waals surface area (Å²) in [5.74, 6) is 0.919. The standard InChI is InChI=1S/C19H26N4O3S/c1-13(2)16-7-5-15(6-8-16)12-27(25,26)22-17-10-23(11-18(17)24)19-9-4-14(3)20-21-19/h4-9,13,17-18,22,24H,10-12H2,1-3H3/t17-,18+/m0/s1. The molecule has 2 atom stereocenters. The minimum absolute atomic E-state index is 0.112. The highest BCUT2D eigenvalue weighted by Gasteiger charge is 2.35. The van der Waals surface area contributed by atoms with Crippen molar-refractivity contribution < 1.29 is 13.5 Å². The van der Waals surface area contributed by atoms with E-state index in [9.17, 15) is 13.5 Å². The third kappa shape index (κ3) is 5.03. The third-order valence-electron chi connectivity index (χ3n) is 4.73. The SMILES string of the molecule is Cc1ccc(N2C[C@@H](O)[C@@H](NS(=O)(=O)Cc3ccc(C(C)C)cc3)C2)nn1. The zero-order valence-electron chi connectivity index (χ0n) is 15.8. The largest absolute Gasteiger partial charge is 0.390 e. The Balaban J connectivity index is 1.63. The first kappa shape index (κ1) is 19.7. The van der Waals surface area contributed by atoms with Crippen LogP contribution in [-0.4, -0.2) is 49.0 Å². The summed E-state index contributed by atoms with van der Waals surface area (Å²) in [6, 6.07) is 10.7. The summed E-state index contributed by atoms with van der Waals surface area (Å²) in [4.78, 5) is 1.84. The van der Waals surface area contributed by atoms with Crippen LogP contribution >= 0.6 is 0 Å². The lowest BCUT2D eigenvalue weighted by Crippen LogP contribution is -2.43. The average molecular weight is 391 g/mol. The Kier molecular flexibility index (Phi) is 5.78. The second-order valence-electron chi connectivity index (χ2n) is 7.38. The Morgan fingerprint density at radius 3 is 2.44 bits per heavy atom. The van der Waals surface area contributed by atoms with Crippen molar-refractivity contribution >= 4 is 15.8 Å². The fourth-order valence-electron chi connectivity index (χ4n) is 3.14. The van der Waals surface area contributed by atoms with Crippen LogP contribution in [0.3, 0.4) is 0 Å². The minimum Gasteiger partial charge on any atom is -0.390 e. The molecular weight excluding hydrogens is 364 g/mol. The van der Waals surface area contributed by atoms with E-state index >= 15 is 0 Å². The normalized spacial score (nSPS) is 20.4. The smallest absolute Gasteiger partial charge is 0.216 e. The number of β-amino-alcohol motifs (C(OH)–C–C–N with tert-alkyl or cyclic N) is 1. The molecule has 0 spiro atoms. The number of hydrogen-bond donors (Lipinski definition) is 2. The van der Waals surface area contributed by atoms with Crippen LogP contribution in [0.1, 0.15) is 36.6 Å². The van der Waals surface area contributed by atoms with E-state index in [-0.39, 0.29) is 5.75 Å². The predicted molar refractivity (Wildman–Crippen MR) is 105 cm³/mol. The predicted octanol–water partition coefficient (Wildman–Crippen LogP) is 1.58. The number of anilines is 1. The molecule has 27 heavy (non-hydrogen) atoms. The lowest BCUT2D eigenvalue weighted by atomic mass is 10.0. The quantitative estimate of drug-likeness (QED) is 0.778. The van der Waals surface area contributed by atoms with E-state index in [0.717, 1.165) is 11.3 Å². The summed E-state index contributed by atoms with van der Waals surface area (Å²) < 4.78 is 27.7. The van der Waals surface area contributed by atoms with Gasteiger partial charge in [0.05, 0.1) is 23.6 Å². The molecular formula is C19H26N4O3S. The maximum atomic E-state index is 12.5. The molecule has 0 radical (unpaired) electrons. The third-order valence-corrected chi connectivity index (χ3v) is 6.11. The molecule has 0 bridgehead atoms. The fraction of sp³-hybridized carbons (Fsp3) is 0.474. The molecule has 1 aromatic heterocycles. The van der Waals surface area contributed by atoms with E-state index in [4.69, 9.17) is 0 Å². The van der Waals surface area contributed by atoms with Crippen LogP contribution in [-0.2, 0) is 15.8 Å². The van der Waals surface area contributed by atoms with E-state index in [0.29, 0.717) is 24.8 Å². The molecule has 1 aliphatic rings. The molecule has 1 fully saturated rings. The van der Waals surface area contributed by atoms with Crippen LogP contribution in [0.15, 0.2) is 36.4 Å². The van der Waals surface area contributed by atoms with Crippen molar-refractivity contribution in [2.45, 2.75) is 44.6 Å². The molecule has 1 saturated heterocycles. The van der Waals surface area contributed by atoms with E-state index in [1.54, 1.807) is 0 Å². The van der Waals surface area contributed by atoms with Gasteiger partial charge in [-0.2, -0.15) is 5.10 Å². The molecule has 146 valence electrons. The van der Waals surface area contributed by atoms with Crippen LogP contribution in [0.2, 0.25) is 0 Å². The number of aromatic nitrogens is 2. The molecule has 0 amide bonds. The van der Waals surface area contributed by atoms with Gasteiger partial charge < -0.3 is 10.0 Å². The maximum Gasteiger partial charge on any atom is 0.216 e. The van der Waals surface area contributed by atoms with Gasteiger partial charge in [0.15, 0.2) is 5.82 Å². The zero-order chi connectivity index (χ0) is 19.6. The molecule has 7 nitrogen and oxygen atoms in total. The number of rotatable bonds is 6. The molecule has 2 N–H and O–H groups in total. The van der Waals surface area contributed by atoms with Crippen molar-refractivity contribution in [1.82, 2.24) is 14.9 Å². The highest BCUT2D eigenvalue weighted by Crippen LogP contribution is 2.20. The van der Waals surface area contributed by atoms with Crippen molar-refractivity contribution in [3.05, 3.63) is 53.2 Å². The molecule has 1 aromatic carbocycles. The number of nitrogens with one attached hydrogen (secondary N) is 1. The summed E-state index contributed by atoms with van der Waals surface area (Å²) in [6.07, 6.45) is -0.800. The molecule has 0 saturated carbocycles. The van der Waals surface area contributed by atoms with Crippen LogP contribution in [0.4, 0.5) is 5.82 Å². The van der Waals surface area contributed by atoms with E-state index in [2.05, 4.69) is 28.8 Å². The number of benzene rings is 1. The number of aryl methyl sites for hydroxylation is 1. The monoisotopic (exact) mass is 390 g/mol. The summed E-state index contributed by atoms with van der Waals surface area (Å²) in [5.41, 5.74) is 2.70. The molecule has 1 aliphatic heterocycles. The second-order valence-corrected chi connectivity index (χ2v) is 9.14. The Labute approximate surface area is 160 Å². The van der Waals surface area contributed by atoms with Crippen molar-refractivity contribution in [3.8, 4) is 0 Å². The molecule has 0 unspecified atom stereocenters. The Morgan fingerprint density at radius 1 is 1.15 bits per heavy atom. The number of aliphatic hydroxyl groups is 1. The lowest BCUT2D eigenvalue weighted by Gasteiger charge is -2.17. The van der Waals surface area contributed by atoms with Gasteiger partial charge in [0.2, 0.25) is 10.0 Å². The van der Waals surface area contributed by atoms with E-state index < -0.39 is 22.2 Å². The maximum absolute atomic E-state index is 12.5. The van der Waals surface area contributed by atoms with Crippen LogP contribution in [0, 0.1) is 6.92 Å². The van der Waals surface area contributed by atoms with Crippen molar-refractivity contribution in [3.63, 3.8) is 0 Å². The van der Waals surface area contributed by atoms with Crippen LogP contribution in [0.5, 0.6) is 0 Å². The molecule has 2 heterocycles. The highest BCUT2D eigenvalue weighted by molar-refractivity contribution is 7.88. The molecule has 8 heteroatoms. The van der Waals surface area contributed by atoms with Gasteiger partial charge in [0, 0.05) is 13.1 Å². The number of nitrogens with zero attached hydrogens (tertiary/aromatic N) is 3. The average Bonchev–Trinajstić information content (AvgIpc) is 2.95. The summed E-state index contributed by atoms with van der Waals surface area (Å²) >= 11 is 0. The summed E-state index contributed by atoms with van der Waals surface area (Å²) in [5, 5.41) is 18.4. The van der Waals surface area contributed by atoms with Gasteiger partial charge in [-0.15, -0.1) is 5.10 Å². The second kappa shape index (κ2) is 7.92. The van der Waals surface area contributed by atoms with Crippen molar-refractivity contribution in [1.29, 1.82) is 0 Å². The van der Waals surface area contributed by atoms with Crippen LogP contribution < -0.4 is 9.62 Å². The van der Waals surface area contributed by atoms with Gasteiger partial charge in [0.25, 0.3) is 0 Å². The van der Waals surface area contributed by atoms with Gasteiger partial charge in [-0.3, -0.25) is 0 Å². The number of aliphatic hydroxyl groups excluding tert-OH is 1. The Hall–Kier alpha value is -2.03. The molecule has 0 aliphatic carbocycles. The molecule has 3 rings (SSSR count). The summed E-state index contributed by atoms with van der Waals surface area (Å²) in [7, 11) is -3.57. The number of sulfonamides is 1. The van der Waals surface area contributed by atoms with Crippen molar-refractivity contribution in [2.75, 3.05) is 18.0 Å². The van der Waals surface area contributed by atoms with Gasteiger partial charge in [0.1, 0.15) is 0 Å². The van der Waals surface area contributed by atoms with Crippen molar-refractivity contribution in [2.24, 2.45) is 0 Å². The van der Waals surface area contributed by atoms with Gasteiger partial charge in [-0.25, -0.2) is 13.1 Å². The lowest BCUT2D eigenvalue weighted by molar-refractivity contribution is 0.174. The number of hydrogen-bond acceptors (Lipinski definition) is 6. The van der Waals surface area contributed by atoms with E-state index in [1.807, 2.05) is 48.2 Å². The minimum atomic E-state index is -3.57. The first-order valence-corrected chi connectivity index (χ1v) is 10.7. The first-order chi connectivity index (χ1) is 12.7. The zero-order valence-corrected chi connectivity index (χ0v) is 16.6. The highest BCUT2D eigenvalue weighted by atomic mass is 32.2. The van der Waals surface area contributed by atoms with Gasteiger partial charge >= 0.3 is 0 Å². The fourth-order valence-corrected chi connectivity index (χ4v) is 4.55. The van der Waals surface area contributed by atoms with Crippen LogP contribution in [0.25, 0.3) is 0 Å². The Morgan fingerprint density at radius 2 is 1.85 bits per heavy atom. The van der Waals surface area contributed by atoms with Gasteiger partial charge in [-0.05, 0) is 36.1 Å². The first-order valence-electron chi connectivity index (χ1n) is 9.06. The Bertz CT molecular complexity index is 867. The summed E-state index contributed by atoms with van der Waals surface area (Å²) in [6.45, 7) is 6.70. The molecule has 2 aromatic rings.